The minimum atomic E-state index is 0.116. The normalized spacial score (nSPS) is 38.8. The fraction of sp³-hybridized carbons (Fsp3) is 1.00. The highest BCUT2D eigenvalue weighted by atomic mass is 16.5. The van der Waals surface area contributed by atoms with Gasteiger partial charge in [-0.05, 0) is 52.6 Å². The summed E-state index contributed by atoms with van der Waals surface area (Å²) < 4.78 is 5.99. The molecule has 2 aliphatic rings. The predicted molar refractivity (Wildman–Crippen MR) is 75.9 cm³/mol. The van der Waals surface area contributed by atoms with Crippen molar-refractivity contribution in [1.29, 1.82) is 0 Å². The molecule has 3 atom stereocenters. The molecule has 0 saturated carbocycles. The third kappa shape index (κ3) is 3.25. The van der Waals surface area contributed by atoms with Crippen LogP contribution >= 0.6 is 0 Å². The van der Waals surface area contributed by atoms with Gasteiger partial charge in [0.1, 0.15) is 0 Å². The van der Waals surface area contributed by atoms with Crippen LogP contribution in [0.4, 0.5) is 0 Å². The Morgan fingerprint density at radius 3 is 2.89 bits per heavy atom. The SMILES string of the molecule is CCC1(C)CC(N2CCCCC2CNC)CCO1. The summed E-state index contributed by atoms with van der Waals surface area (Å²) in [6.45, 7) is 7.91. The average molecular weight is 254 g/mol. The molecule has 0 aromatic heterocycles. The zero-order chi connectivity index (χ0) is 13.0. The van der Waals surface area contributed by atoms with Gasteiger partial charge in [-0.15, -0.1) is 0 Å². The van der Waals surface area contributed by atoms with Crippen LogP contribution in [-0.4, -0.2) is 49.3 Å². The van der Waals surface area contributed by atoms with Gasteiger partial charge in [0.2, 0.25) is 0 Å². The Bertz CT molecular complexity index is 257. The van der Waals surface area contributed by atoms with Gasteiger partial charge < -0.3 is 10.1 Å². The second-order valence-electron chi connectivity index (χ2n) is 6.24. The molecule has 0 aliphatic carbocycles. The maximum atomic E-state index is 5.99. The maximum Gasteiger partial charge on any atom is 0.0666 e. The largest absolute Gasteiger partial charge is 0.375 e. The minimum Gasteiger partial charge on any atom is -0.375 e. The van der Waals surface area contributed by atoms with Gasteiger partial charge in [-0.3, -0.25) is 4.90 Å². The number of likely N-dealkylation sites (tertiary alicyclic amines) is 1. The van der Waals surface area contributed by atoms with Crippen molar-refractivity contribution in [2.45, 2.75) is 70.1 Å². The van der Waals surface area contributed by atoms with Crippen molar-refractivity contribution in [3.05, 3.63) is 0 Å². The number of ether oxygens (including phenoxy) is 1. The van der Waals surface area contributed by atoms with E-state index in [9.17, 15) is 0 Å². The lowest BCUT2D eigenvalue weighted by molar-refractivity contribution is -0.105. The van der Waals surface area contributed by atoms with Crippen LogP contribution in [0.2, 0.25) is 0 Å². The molecule has 2 rings (SSSR count). The highest BCUT2D eigenvalue weighted by Crippen LogP contribution is 2.33. The molecule has 1 N–H and O–H groups in total. The fourth-order valence-electron chi connectivity index (χ4n) is 3.59. The van der Waals surface area contributed by atoms with Gasteiger partial charge in [-0.25, -0.2) is 0 Å². The second-order valence-corrected chi connectivity index (χ2v) is 6.24. The fourth-order valence-corrected chi connectivity index (χ4v) is 3.59. The van der Waals surface area contributed by atoms with Crippen molar-refractivity contribution in [3.8, 4) is 0 Å². The highest BCUT2D eigenvalue weighted by Gasteiger charge is 2.37. The van der Waals surface area contributed by atoms with Crippen LogP contribution in [0.5, 0.6) is 0 Å². The summed E-state index contributed by atoms with van der Waals surface area (Å²) in [4.78, 5) is 2.77. The van der Waals surface area contributed by atoms with Crippen LogP contribution in [0, 0.1) is 0 Å². The van der Waals surface area contributed by atoms with Crippen LogP contribution in [0.3, 0.4) is 0 Å². The zero-order valence-corrected chi connectivity index (χ0v) is 12.4. The number of likely N-dealkylation sites (N-methyl/N-ethyl adjacent to an activating group) is 1. The van der Waals surface area contributed by atoms with Crippen molar-refractivity contribution in [2.24, 2.45) is 0 Å². The Kier molecular flexibility index (Phi) is 5.05. The van der Waals surface area contributed by atoms with Crippen molar-refractivity contribution < 1.29 is 4.74 Å². The van der Waals surface area contributed by atoms with Gasteiger partial charge >= 0.3 is 0 Å². The standard InChI is InChI=1S/C15H30N2O/c1-4-15(2)11-13(8-10-18-15)17-9-6-5-7-14(17)12-16-3/h13-14,16H,4-12H2,1-3H3. The summed E-state index contributed by atoms with van der Waals surface area (Å²) in [5, 5.41) is 3.37. The van der Waals surface area contributed by atoms with Gasteiger partial charge in [-0.1, -0.05) is 13.3 Å². The molecule has 3 nitrogen and oxygen atoms in total. The number of hydrogen-bond acceptors (Lipinski definition) is 3. The Morgan fingerprint density at radius 2 is 2.17 bits per heavy atom. The molecule has 2 aliphatic heterocycles. The number of hydrogen-bond donors (Lipinski definition) is 1. The lowest BCUT2D eigenvalue weighted by atomic mass is 9.87. The lowest BCUT2D eigenvalue weighted by Gasteiger charge is -2.47. The molecule has 0 aromatic rings. The summed E-state index contributed by atoms with van der Waals surface area (Å²) in [5.41, 5.74) is 0.116. The molecular formula is C15H30N2O. The van der Waals surface area contributed by atoms with Gasteiger partial charge in [-0.2, -0.15) is 0 Å². The predicted octanol–water partition coefficient (Wildman–Crippen LogP) is 2.41. The smallest absolute Gasteiger partial charge is 0.0666 e. The summed E-state index contributed by atoms with van der Waals surface area (Å²) in [6, 6.07) is 1.48. The van der Waals surface area contributed by atoms with E-state index in [0.29, 0.717) is 0 Å². The molecule has 2 fully saturated rings. The third-order valence-electron chi connectivity index (χ3n) is 4.90. The minimum absolute atomic E-state index is 0.116. The van der Waals surface area contributed by atoms with E-state index in [2.05, 4.69) is 31.1 Å². The first-order valence-corrected chi connectivity index (χ1v) is 7.73. The van der Waals surface area contributed by atoms with E-state index < -0.39 is 0 Å². The van der Waals surface area contributed by atoms with E-state index >= 15 is 0 Å². The first-order chi connectivity index (χ1) is 8.68. The van der Waals surface area contributed by atoms with E-state index in [1.165, 1.54) is 38.6 Å². The second kappa shape index (κ2) is 6.36. The molecule has 0 amide bonds. The van der Waals surface area contributed by atoms with E-state index in [4.69, 9.17) is 4.74 Å². The topological polar surface area (TPSA) is 24.5 Å². The third-order valence-corrected chi connectivity index (χ3v) is 4.90. The van der Waals surface area contributed by atoms with E-state index in [1.807, 2.05) is 0 Å². The summed E-state index contributed by atoms with van der Waals surface area (Å²) >= 11 is 0. The molecule has 0 aromatic carbocycles. The number of nitrogens with zero attached hydrogens (tertiary/aromatic N) is 1. The average Bonchev–Trinajstić information content (AvgIpc) is 2.40. The summed E-state index contributed by atoms with van der Waals surface area (Å²) in [5.74, 6) is 0. The summed E-state index contributed by atoms with van der Waals surface area (Å²) in [6.07, 6.45) is 7.70. The molecule has 0 spiro atoms. The van der Waals surface area contributed by atoms with Crippen LogP contribution in [0.1, 0.15) is 52.4 Å². The maximum absolute atomic E-state index is 5.99. The number of piperidine rings is 1. The van der Waals surface area contributed by atoms with Gasteiger partial charge in [0.15, 0.2) is 0 Å². The van der Waals surface area contributed by atoms with Crippen LogP contribution in [0.25, 0.3) is 0 Å². The zero-order valence-electron chi connectivity index (χ0n) is 12.4. The van der Waals surface area contributed by atoms with Gasteiger partial charge in [0.05, 0.1) is 5.60 Å². The Morgan fingerprint density at radius 1 is 1.33 bits per heavy atom. The first-order valence-electron chi connectivity index (χ1n) is 7.73. The quantitative estimate of drug-likeness (QED) is 0.834. The van der Waals surface area contributed by atoms with Crippen molar-refractivity contribution >= 4 is 0 Å². The highest BCUT2D eigenvalue weighted by molar-refractivity contribution is 4.91. The molecule has 2 heterocycles. The molecule has 106 valence electrons. The summed E-state index contributed by atoms with van der Waals surface area (Å²) in [7, 11) is 2.08. The van der Waals surface area contributed by atoms with E-state index in [-0.39, 0.29) is 5.60 Å². The monoisotopic (exact) mass is 254 g/mol. The van der Waals surface area contributed by atoms with E-state index in [0.717, 1.165) is 31.7 Å². The van der Waals surface area contributed by atoms with Crippen LogP contribution in [-0.2, 0) is 4.74 Å². The molecule has 0 radical (unpaired) electrons. The van der Waals surface area contributed by atoms with E-state index in [1.54, 1.807) is 0 Å². The Balaban J connectivity index is 1.99. The Labute approximate surface area is 112 Å². The van der Waals surface area contributed by atoms with Crippen LogP contribution in [0.15, 0.2) is 0 Å². The molecule has 3 heteroatoms. The molecular weight excluding hydrogens is 224 g/mol. The lowest BCUT2D eigenvalue weighted by Crippen LogP contribution is -2.54. The van der Waals surface area contributed by atoms with Crippen molar-refractivity contribution in [3.63, 3.8) is 0 Å². The first kappa shape index (κ1) is 14.3. The van der Waals surface area contributed by atoms with Gasteiger partial charge in [0.25, 0.3) is 0 Å². The molecule has 3 unspecified atom stereocenters. The number of nitrogens with one attached hydrogen (secondary N) is 1. The van der Waals surface area contributed by atoms with Gasteiger partial charge in [0, 0.05) is 25.2 Å². The van der Waals surface area contributed by atoms with Crippen molar-refractivity contribution in [2.75, 3.05) is 26.7 Å². The molecule has 2 saturated heterocycles. The Hall–Kier alpha value is -0.120. The molecule has 0 bridgehead atoms. The molecule has 18 heavy (non-hydrogen) atoms. The van der Waals surface area contributed by atoms with Crippen LogP contribution < -0.4 is 5.32 Å². The number of rotatable bonds is 4. The van der Waals surface area contributed by atoms with Crippen molar-refractivity contribution in [1.82, 2.24) is 10.2 Å².